The molecule has 0 aliphatic carbocycles. The number of H-pyrrole nitrogens is 1. The first kappa shape index (κ1) is 18.2. The lowest BCUT2D eigenvalue weighted by molar-refractivity contribution is -0.117. The Bertz CT molecular complexity index is 1390. The fourth-order valence-electron chi connectivity index (χ4n) is 3.57. The molecule has 0 fully saturated rings. The second-order valence-corrected chi connectivity index (χ2v) is 8.26. The largest absolute Gasteiger partial charge is 0.340 e. The number of carbonyl (C=O) groups excluding carboxylic acids is 1. The Hall–Kier alpha value is -3.83. The zero-order valence-electron chi connectivity index (χ0n) is 15.4. The number of aromatic amines is 1. The molecule has 2 aromatic heterocycles. The average molecular weight is 421 g/mol. The van der Waals surface area contributed by atoms with Crippen LogP contribution >= 0.6 is 0 Å². The van der Waals surface area contributed by atoms with Crippen molar-refractivity contribution in [1.29, 1.82) is 0 Å². The molecule has 1 aliphatic rings. The normalized spacial score (nSPS) is 16.4. The van der Waals surface area contributed by atoms with Gasteiger partial charge in [0.05, 0.1) is 22.6 Å². The number of imidazole rings is 1. The van der Waals surface area contributed by atoms with Crippen molar-refractivity contribution in [2.45, 2.75) is 10.9 Å². The Morgan fingerprint density at radius 2 is 1.83 bits per heavy atom. The van der Waals surface area contributed by atoms with E-state index in [0.29, 0.717) is 28.4 Å². The Labute approximate surface area is 170 Å². The molecule has 150 valence electrons. The molecule has 3 heterocycles. The summed E-state index contributed by atoms with van der Waals surface area (Å²) in [6, 6.07) is 12.8. The van der Waals surface area contributed by atoms with Crippen LogP contribution in [0, 0.1) is 0 Å². The van der Waals surface area contributed by atoms with Crippen LogP contribution in [0.3, 0.4) is 0 Å². The third kappa shape index (κ3) is 2.88. The number of sulfonamides is 1. The molecule has 1 unspecified atom stereocenters. The van der Waals surface area contributed by atoms with Gasteiger partial charge < -0.3 is 15.2 Å². The third-order valence-corrected chi connectivity index (χ3v) is 5.78. The zero-order chi connectivity index (χ0) is 20.9. The summed E-state index contributed by atoms with van der Waals surface area (Å²) in [6.07, 6.45) is 2.86. The van der Waals surface area contributed by atoms with E-state index in [2.05, 4.69) is 25.3 Å². The van der Waals surface area contributed by atoms with Gasteiger partial charge in [-0.1, -0.05) is 30.3 Å². The number of nitrogens with zero attached hydrogens (tertiary/aromatic N) is 4. The molecule has 4 N–H and O–H groups in total. The Balaban J connectivity index is 1.78. The molecule has 4 aromatic rings. The molecule has 30 heavy (non-hydrogen) atoms. The second kappa shape index (κ2) is 6.61. The molecule has 1 aliphatic heterocycles. The third-order valence-electron chi connectivity index (χ3n) is 4.87. The van der Waals surface area contributed by atoms with Crippen LogP contribution in [0.25, 0.3) is 11.2 Å². The van der Waals surface area contributed by atoms with Gasteiger partial charge in [0.2, 0.25) is 10.0 Å². The van der Waals surface area contributed by atoms with E-state index in [-0.39, 0.29) is 10.8 Å². The molecule has 1 amide bonds. The van der Waals surface area contributed by atoms with Gasteiger partial charge in [-0.15, -0.1) is 0 Å². The van der Waals surface area contributed by atoms with Gasteiger partial charge >= 0.3 is 0 Å². The molecule has 0 saturated heterocycles. The van der Waals surface area contributed by atoms with E-state index in [4.69, 9.17) is 5.14 Å². The zero-order valence-corrected chi connectivity index (χ0v) is 16.2. The maximum Gasteiger partial charge on any atom is 0.252 e. The van der Waals surface area contributed by atoms with Crippen molar-refractivity contribution >= 4 is 44.3 Å². The molecular formula is C19H15N7O3S. The molecule has 0 bridgehead atoms. The maximum absolute atomic E-state index is 13.2. The summed E-state index contributed by atoms with van der Waals surface area (Å²) in [7, 11) is -3.94. The molecule has 1 atom stereocenters. The first-order valence-electron chi connectivity index (χ1n) is 8.89. The highest BCUT2D eigenvalue weighted by atomic mass is 32.2. The van der Waals surface area contributed by atoms with E-state index < -0.39 is 16.1 Å². The van der Waals surface area contributed by atoms with Gasteiger partial charge in [-0.05, 0) is 23.8 Å². The number of carbonyl (C=O) groups is 1. The molecule has 11 heteroatoms. The minimum atomic E-state index is -3.94. The molecule has 0 radical (unpaired) electrons. The standard InChI is InChI=1S/C19H15N7O3S/c20-30(28,29)12-6-7-14-13(8-12)25-19(27)16(11-4-2-1-3-5-11)26(14)18-15-17(22-9-21-15)23-10-24-18/h1-10,16H,(H,25,27)(H2,20,28,29)(H,21,22,23,24). The fourth-order valence-corrected chi connectivity index (χ4v) is 4.11. The van der Waals surface area contributed by atoms with Crippen LogP contribution in [0.1, 0.15) is 11.6 Å². The van der Waals surface area contributed by atoms with Crippen molar-refractivity contribution in [3.05, 3.63) is 66.7 Å². The van der Waals surface area contributed by atoms with Gasteiger partial charge in [0, 0.05) is 0 Å². The minimum absolute atomic E-state index is 0.103. The average Bonchev–Trinajstić information content (AvgIpc) is 3.21. The summed E-state index contributed by atoms with van der Waals surface area (Å²) >= 11 is 0. The van der Waals surface area contributed by atoms with Crippen LogP contribution in [0.2, 0.25) is 0 Å². The van der Waals surface area contributed by atoms with Crippen LogP contribution in [0.4, 0.5) is 17.2 Å². The predicted molar refractivity (Wildman–Crippen MR) is 109 cm³/mol. The molecule has 10 nitrogen and oxygen atoms in total. The second-order valence-electron chi connectivity index (χ2n) is 6.69. The number of anilines is 3. The van der Waals surface area contributed by atoms with Crippen LogP contribution in [-0.4, -0.2) is 34.3 Å². The van der Waals surface area contributed by atoms with E-state index in [9.17, 15) is 13.2 Å². The molecule has 2 aromatic carbocycles. The number of benzene rings is 2. The van der Waals surface area contributed by atoms with Crippen molar-refractivity contribution in [2.24, 2.45) is 5.14 Å². The number of fused-ring (bicyclic) bond motifs is 2. The number of hydrogen-bond donors (Lipinski definition) is 3. The highest BCUT2D eigenvalue weighted by Gasteiger charge is 2.37. The van der Waals surface area contributed by atoms with E-state index in [1.807, 2.05) is 30.3 Å². The van der Waals surface area contributed by atoms with Crippen LogP contribution in [-0.2, 0) is 14.8 Å². The van der Waals surface area contributed by atoms with Crippen LogP contribution in [0.15, 0.2) is 66.1 Å². The molecule has 5 rings (SSSR count). The monoisotopic (exact) mass is 421 g/mol. The van der Waals surface area contributed by atoms with E-state index in [0.717, 1.165) is 5.56 Å². The number of nitrogens with two attached hydrogens (primary N) is 1. The minimum Gasteiger partial charge on any atom is -0.340 e. The maximum atomic E-state index is 13.2. The van der Waals surface area contributed by atoms with Gasteiger partial charge in [-0.25, -0.2) is 28.5 Å². The van der Waals surface area contributed by atoms with Gasteiger partial charge in [-0.3, -0.25) is 4.79 Å². The number of hydrogen-bond acceptors (Lipinski definition) is 7. The van der Waals surface area contributed by atoms with Gasteiger partial charge in [0.15, 0.2) is 11.5 Å². The van der Waals surface area contributed by atoms with Gasteiger partial charge in [-0.2, -0.15) is 0 Å². The number of amides is 1. The lowest BCUT2D eigenvalue weighted by Gasteiger charge is -2.37. The van der Waals surface area contributed by atoms with Crippen molar-refractivity contribution in [2.75, 3.05) is 10.2 Å². The number of aromatic nitrogens is 4. The van der Waals surface area contributed by atoms with E-state index in [1.54, 1.807) is 11.0 Å². The van der Waals surface area contributed by atoms with Crippen molar-refractivity contribution in [3.8, 4) is 0 Å². The summed E-state index contributed by atoms with van der Waals surface area (Å²) < 4.78 is 23.6. The molecular weight excluding hydrogens is 406 g/mol. The van der Waals surface area contributed by atoms with Gasteiger partial charge in [0.1, 0.15) is 17.9 Å². The first-order chi connectivity index (χ1) is 14.4. The Kier molecular flexibility index (Phi) is 4.01. The summed E-state index contributed by atoms with van der Waals surface area (Å²) in [5.74, 6) is 0.0948. The van der Waals surface area contributed by atoms with Gasteiger partial charge in [0.25, 0.3) is 5.91 Å². The van der Waals surface area contributed by atoms with E-state index in [1.165, 1.54) is 24.8 Å². The molecule has 0 spiro atoms. The Morgan fingerprint density at radius 3 is 2.60 bits per heavy atom. The summed E-state index contributed by atoms with van der Waals surface area (Å²) in [6.45, 7) is 0. The van der Waals surface area contributed by atoms with E-state index >= 15 is 0 Å². The highest BCUT2D eigenvalue weighted by Crippen LogP contribution is 2.44. The first-order valence-corrected chi connectivity index (χ1v) is 10.4. The lowest BCUT2D eigenvalue weighted by Crippen LogP contribution is -2.39. The predicted octanol–water partition coefficient (Wildman–Crippen LogP) is 1.83. The topological polar surface area (TPSA) is 147 Å². The summed E-state index contributed by atoms with van der Waals surface area (Å²) in [4.78, 5) is 30.5. The van der Waals surface area contributed by atoms with Crippen molar-refractivity contribution in [1.82, 2.24) is 19.9 Å². The fraction of sp³-hybridized carbons (Fsp3) is 0.0526. The highest BCUT2D eigenvalue weighted by molar-refractivity contribution is 7.89. The quantitative estimate of drug-likeness (QED) is 0.457. The van der Waals surface area contributed by atoms with Crippen LogP contribution < -0.4 is 15.4 Å². The lowest BCUT2D eigenvalue weighted by atomic mass is 10.00. The smallest absolute Gasteiger partial charge is 0.252 e. The summed E-state index contributed by atoms with van der Waals surface area (Å²) in [5.41, 5.74) is 2.60. The number of nitrogens with one attached hydrogen (secondary N) is 2. The van der Waals surface area contributed by atoms with Crippen molar-refractivity contribution < 1.29 is 13.2 Å². The molecule has 0 saturated carbocycles. The summed E-state index contributed by atoms with van der Waals surface area (Å²) in [5, 5.41) is 8.05. The SMILES string of the molecule is NS(=O)(=O)c1ccc2c(c1)NC(=O)C(c1ccccc1)N2c1ncnc2nc[nH]c12. The number of primary sulfonamides is 1. The Morgan fingerprint density at radius 1 is 1.03 bits per heavy atom. The number of rotatable bonds is 3. The van der Waals surface area contributed by atoms with Crippen molar-refractivity contribution in [3.63, 3.8) is 0 Å². The van der Waals surface area contributed by atoms with Crippen LogP contribution in [0.5, 0.6) is 0 Å².